The Morgan fingerprint density at radius 1 is 1.32 bits per heavy atom. The first-order chi connectivity index (χ1) is 9.13. The minimum Gasteiger partial charge on any atom is -0.350 e. The smallest absolute Gasteiger partial charge is 0.333 e. The lowest BCUT2D eigenvalue weighted by atomic mass is 10.1. The molecule has 1 unspecified atom stereocenters. The van der Waals surface area contributed by atoms with Gasteiger partial charge in [0, 0.05) is 36.8 Å². The van der Waals surface area contributed by atoms with E-state index >= 15 is 0 Å². The standard InChI is InChI=1S/C14H14N4O/c1-16-7-11(10-5-3-4-6-12(10)16)13-8-18(9-15)14(19)17(13)2/h3-7,13H,8H2,1-2H3. The number of amides is 2. The van der Waals surface area contributed by atoms with Gasteiger partial charge in [-0.05, 0) is 6.07 Å². The number of aryl methyl sites for hydroxylation is 1. The summed E-state index contributed by atoms with van der Waals surface area (Å²) in [6.45, 7) is 0.417. The number of carbonyl (C=O) groups is 1. The van der Waals surface area contributed by atoms with Gasteiger partial charge in [0.2, 0.25) is 0 Å². The number of hydrogen-bond donors (Lipinski definition) is 0. The van der Waals surface area contributed by atoms with Crippen molar-refractivity contribution in [2.75, 3.05) is 13.6 Å². The zero-order valence-corrected chi connectivity index (χ0v) is 10.9. The number of rotatable bonds is 1. The van der Waals surface area contributed by atoms with Crippen LogP contribution in [0.3, 0.4) is 0 Å². The van der Waals surface area contributed by atoms with Crippen LogP contribution in [0, 0.1) is 11.5 Å². The first-order valence-corrected chi connectivity index (χ1v) is 6.11. The molecule has 0 radical (unpaired) electrons. The minimum atomic E-state index is -0.236. The molecule has 5 nitrogen and oxygen atoms in total. The number of urea groups is 1. The predicted octanol–water partition coefficient (Wildman–Crippen LogP) is 2.07. The summed E-state index contributed by atoms with van der Waals surface area (Å²) in [4.78, 5) is 14.7. The van der Waals surface area contributed by atoms with Crippen molar-refractivity contribution in [3.63, 3.8) is 0 Å². The van der Waals surface area contributed by atoms with Gasteiger partial charge in [0.1, 0.15) is 0 Å². The molecule has 2 aromatic rings. The topological polar surface area (TPSA) is 52.3 Å². The van der Waals surface area contributed by atoms with Crippen molar-refractivity contribution in [3.05, 3.63) is 36.0 Å². The van der Waals surface area contributed by atoms with E-state index in [0.717, 1.165) is 16.5 Å². The van der Waals surface area contributed by atoms with E-state index in [4.69, 9.17) is 5.26 Å². The van der Waals surface area contributed by atoms with Gasteiger partial charge in [0.25, 0.3) is 0 Å². The van der Waals surface area contributed by atoms with E-state index in [9.17, 15) is 4.79 Å². The third-order valence-corrected chi connectivity index (χ3v) is 3.76. The summed E-state index contributed by atoms with van der Waals surface area (Å²) in [6, 6.07) is 7.79. The summed E-state index contributed by atoms with van der Waals surface area (Å²) in [5.41, 5.74) is 2.22. The SMILES string of the molecule is CN1C(=O)N(C#N)CC1c1cn(C)c2ccccc12. The number of carbonyl (C=O) groups excluding carboxylic acids is 1. The Labute approximate surface area is 111 Å². The van der Waals surface area contributed by atoms with E-state index in [-0.39, 0.29) is 12.1 Å². The van der Waals surface area contributed by atoms with Gasteiger partial charge in [-0.1, -0.05) is 18.2 Å². The van der Waals surface area contributed by atoms with Crippen molar-refractivity contribution in [2.45, 2.75) is 6.04 Å². The van der Waals surface area contributed by atoms with Crippen LogP contribution < -0.4 is 0 Å². The number of fused-ring (bicyclic) bond motifs is 1. The van der Waals surface area contributed by atoms with Crippen LogP contribution in [-0.2, 0) is 7.05 Å². The maximum absolute atomic E-state index is 11.9. The Bertz CT molecular complexity index is 697. The molecular weight excluding hydrogens is 240 g/mol. The largest absolute Gasteiger partial charge is 0.350 e. The maximum atomic E-state index is 11.9. The zero-order valence-electron chi connectivity index (χ0n) is 10.9. The second-order valence-electron chi connectivity index (χ2n) is 4.83. The molecule has 1 aliphatic rings. The van der Waals surface area contributed by atoms with Crippen LogP contribution in [0.25, 0.3) is 10.9 Å². The lowest BCUT2D eigenvalue weighted by Crippen LogP contribution is -2.26. The monoisotopic (exact) mass is 254 g/mol. The third-order valence-electron chi connectivity index (χ3n) is 3.76. The number of benzene rings is 1. The lowest BCUT2D eigenvalue weighted by Gasteiger charge is -2.16. The van der Waals surface area contributed by atoms with Crippen LogP contribution in [-0.4, -0.2) is 34.0 Å². The van der Waals surface area contributed by atoms with Crippen LogP contribution in [0.15, 0.2) is 30.5 Å². The summed E-state index contributed by atoms with van der Waals surface area (Å²) >= 11 is 0. The molecule has 3 rings (SSSR count). The van der Waals surface area contributed by atoms with E-state index in [1.54, 1.807) is 11.9 Å². The molecule has 0 N–H and O–H groups in total. The highest BCUT2D eigenvalue weighted by Gasteiger charge is 2.37. The lowest BCUT2D eigenvalue weighted by molar-refractivity contribution is 0.205. The van der Waals surface area contributed by atoms with Crippen molar-refractivity contribution in [2.24, 2.45) is 7.05 Å². The summed E-state index contributed by atoms with van der Waals surface area (Å²) in [6.07, 6.45) is 3.98. The molecule has 5 heteroatoms. The molecule has 1 atom stereocenters. The van der Waals surface area contributed by atoms with Crippen molar-refractivity contribution in [3.8, 4) is 6.19 Å². The van der Waals surface area contributed by atoms with Crippen molar-refractivity contribution in [1.82, 2.24) is 14.4 Å². The Hall–Kier alpha value is -2.48. The number of hydrogen-bond acceptors (Lipinski definition) is 2. The van der Waals surface area contributed by atoms with Crippen molar-refractivity contribution in [1.29, 1.82) is 5.26 Å². The van der Waals surface area contributed by atoms with Gasteiger partial charge in [-0.25, -0.2) is 9.69 Å². The zero-order chi connectivity index (χ0) is 13.6. The Balaban J connectivity index is 2.11. The quantitative estimate of drug-likeness (QED) is 0.731. The Morgan fingerprint density at radius 3 is 2.74 bits per heavy atom. The van der Waals surface area contributed by atoms with Crippen molar-refractivity contribution >= 4 is 16.9 Å². The van der Waals surface area contributed by atoms with Gasteiger partial charge in [-0.15, -0.1) is 0 Å². The summed E-state index contributed by atoms with van der Waals surface area (Å²) < 4.78 is 2.05. The molecule has 1 fully saturated rings. The highest BCUT2D eigenvalue weighted by molar-refractivity contribution is 5.86. The van der Waals surface area contributed by atoms with Crippen LogP contribution in [0.4, 0.5) is 4.79 Å². The number of nitriles is 1. The van der Waals surface area contributed by atoms with Gasteiger partial charge in [-0.2, -0.15) is 5.26 Å². The first kappa shape index (κ1) is 11.6. The first-order valence-electron chi connectivity index (χ1n) is 6.11. The van der Waals surface area contributed by atoms with E-state index < -0.39 is 0 Å². The summed E-state index contributed by atoms with van der Waals surface area (Å²) in [5, 5.41) is 10.1. The molecule has 0 aliphatic carbocycles. The second kappa shape index (κ2) is 4.02. The number of nitrogens with zero attached hydrogens (tertiary/aromatic N) is 4. The van der Waals surface area contributed by atoms with Crippen LogP contribution in [0.5, 0.6) is 0 Å². The molecule has 96 valence electrons. The highest BCUT2D eigenvalue weighted by atomic mass is 16.2. The average molecular weight is 254 g/mol. The van der Waals surface area contributed by atoms with E-state index in [0.29, 0.717) is 6.54 Å². The molecule has 2 amide bonds. The van der Waals surface area contributed by atoms with Gasteiger partial charge >= 0.3 is 6.03 Å². The fourth-order valence-electron chi connectivity index (χ4n) is 2.73. The molecule has 2 heterocycles. The molecule has 1 saturated heterocycles. The average Bonchev–Trinajstić information content (AvgIpc) is 2.90. The van der Waals surface area contributed by atoms with Gasteiger partial charge in [-0.3, -0.25) is 0 Å². The third kappa shape index (κ3) is 1.57. The van der Waals surface area contributed by atoms with E-state index in [2.05, 4.69) is 16.7 Å². The van der Waals surface area contributed by atoms with Crippen molar-refractivity contribution < 1.29 is 4.79 Å². The summed E-state index contributed by atoms with van der Waals surface area (Å²) in [5.74, 6) is 0. The fourth-order valence-corrected chi connectivity index (χ4v) is 2.73. The van der Waals surface area contributed by atoms with E-state index in [1.807, 2.05) is 31.6 Å². The fraction of sp³-hybridized carbons (Fsp3) is 0.286. The maximum Gasteiger partial charge on any atom is 0.333 e. The van der Waals surface area contributed by atoms with Gasteiger partial charge in [0.05, 0.1) is 12.6 Å². The van der Waals surface area contributed by atoms with E-state index in [1.165, 1.54) is 4.90 Å². The molecule has 0 saturated carbocycles. The molecule has 0 spiro atoms. The summed E-state index contributed by atoms with van der Waals surface area (Å²) in [7, 11) is 3.73. The molecule has 0 bridgehead atoms. The number of aromatic nitrogens is 1. The van der Waals surface area contributed by atoms with Crippen LogP contribution >= 0.6 is 0 Å². The predicted molar refractivity (Wildman–Crippen MR) is 71.1 cm³/mol. The second-order valence-corrected chi connectivity index (χ2v) is 4.83. The minimum absolute atomic E-state index is 0.0711. The Kier molecular flexibility index (Phi) is 2.46. The van der Waals surface area contributed by atoms with Gasteiger partial charge < -0.3 is 9.47 Å². The van der Waals surface area contributed by atoms with Crippen LogP contribution in [0.2, 0.25) is 0 Å². The molecule has 1 aromatic carbocycles. The molecule has 1 aliphatic heterocycles. The number of likely N-dealkylation sites (N-methyl/N-ethyl adjacent to an activating group) is 1. The highest BCUT2D eigenvalue weighted by Crippen LogP contribution is 2.33. The Morgan fingerprint density at radius 2 is 2.05 bits per heavy atom. The molecule has 19 heavy (non-hydrogen) atoms. The molecular formula is C14H14N4O. The van der Waals surface area contributed by atoms with Crippen LogP contribution in [0.1, 0.15) is 11.6 Å². The normalized spacial score (nSPS) is 19.2. The number of para-hydroxylation sites is 1. The molecule has 1 aromatic heterocycles. The van der Waals surface area contributed by atoms with Gasteiger partial charge in [0.15, 0.2) is 6.19 Å².